The van der Waals surface area contributed by atoms with Crippen molar-refractivity contribution in [1.82, 2.24) is 9.78 Å². The van der Waals surface area contributed by atoms with Crippen LogP contribution in [0.2, 0.25) is 0 Å². The third-order valence-corrected chi connectivity index (χ3v) is 4.28. The van der Waals surface area contributed by atoms with Gasteiger partial charge < -0.3 is 10.1 Å². The molecule has 2 heterocycles. The predicted octanol–water partition coefficient (Wildman–Crippen LogP) is 4.15. The van der Waals surface area contributed by atoms with Crippen LogP contribution < -0.4 is 10.1 Å². The van der Waals surface area contributed by atoms with Crippen molar-refractivity contribution in [1.29, 1.82) is 0 Å². The molecular weight excluding hydrogens is 286 g/mol. The number of nitrogens with one attached hydrogen (secondary N) is 1. The van der Waals surface area contributed by atoms with Crippen LogP contribution in [0.3, 0.4) is 0 Å². The van der Waals surface area contributed by atoms with E-state index in [9.17, 15) is 0 Å². The molecule has 0 fully saturated rings. The number of fused-ring (bicyclic) bond motifs is 3. The number of aryl methyl sites for hydroxylation is 2. The summed E-state index contributed by atoms with van der Waals surface area (Å²) < 4.78 is 7.60. The summed E-state index contributed by atoms with van der Waals surface area (Å²) in [4.78, 5) is 0. The van der Waals surface area contributed by atoms with E-state index in [4.69, 9.17) is 9.84 Å². The largest absolute Gasteiger partial charge is 0.496 e. The van der Waals surface area contributed by atoms with E-state index in [1.165, 1.54) is 11.1 Å². The van der Waals surface area contributed by atoms with Gasteiger partial charge in [-0.1, -0.05) is 29.8 Å². The second kappa shape index (κ2) is 5.16. The van der Waals surface area contributed by atoms with Gasteiger partial charge in [-0.15, -0.1) is 0 Å². The van der Waals surface area contributed by atoms with E-state index in [0.29, 0.717) is 0 Å². The Morgan fingerprint density at radius 1 is 1.09 bits per heavy atom. The van der Waals surface area contributed by atoms with Gasteiger partial charge in [-0.25, -0.2) is 4.68 Å². The van der Waals surface area contributed by atoms with E-state index in [-0.39, 0.29) is 6.17 Å². The summed E-state index contributed by atoms with van der Waals surface area (Å²) in [6.07, 6.45) is -0.0787. The summed E-state index contributed by atoms with van der Waals surface area (Å²) in [5.74, 6) is 0.861. The fourth-order valence-electron chi connectivity index (χ4n) is 3.22. The number of aromatic nitrogens is 2. The Morgan fingerprint density at radius 2 is 1.91 bits per heavy atom. The molecule has 0 unspecified atom stereocenters. The van der Waals surface area contributed by atoms with Crippen molar-refractivity contribution in [3.8, 4) is 17.0 Å². The normalized spacial score (nSPS) is 15.5. The Kier molecular flexibility index (Phi) is 3.11. The third kappa shape index (κ3) is 2.18. The van der Waals surface area contributed by atoms with Crippen molar-refractivity contribution >= 4 is 5.69 Å². The summed E-state index contributed by atoms with van der Waals surface area (Å²) in [6, 6.07) is 16.7. The first-order valence-electron chi connectivity index (χ1n) is 7.74. The van der Waals surface area contributed by atoms with Crippen molar-refractivity contribution in [3.63, 3.8) is 0 Å². The first-order valence-corrected chi connectivity index (χ1v) is 7.74. The lowest BCUT2D eigenvalue weighted by Gasteiger charge is -2.30. The number of methoxy groups -OCH3 is 1. The highest BCUT2D eigenvalue weighted by atomic mass is 16.5. The first kappa shape index (κ1) is 13.9. The van der Waals surface area contributed by atoms with Crippen LogP contribution in [0, 0.1) is 13.8 Å². The Labute approximate surface area is 135 Å². The molecule has 0 amide bonds. The number of rotatable bonds is 2. The minimum atomic E-state index is -0.0787. The summed E-state index contributed by atoms with van der Waals surface area (Å²) in [5, 5.41) is 8.32. The average Bonchev–Trinajstić information content (AvgIpc) is 2.96. The molecule has 0 saturated heterocycles. The highest BCUT2D eigenvalue weighted by Gasteiger charge is 2.28. The van der Waals surface area contributed by atoms with Gasteiger partial charge >= 0.3 is 0 Å². The second-order valence-electron chi connectivity index (χ2n) is 5.95. The molecular formula is C19H19N3O. The van der Waals surface area contributed by atoms with Crippen molar-refractivity contribution in [3.05, 3.63) is 65.4 Å². The zero-order valence-corrected chi connectivity index (χ0v) is 13.5. The van der Waals surface area contributed by atoms with Crippen LogP contribution in [0.25, 0.3) is 11.3 Å². The molecule has 2 aromatic carbocycles. The number of anilines is 1. The zero-order chi connectivity index (χ0) is 16.0. The van der Waals surface area contributed by atoms with Crippen LogP contribution >= 0.6 is 0 Å². The van der Waals surface area contributed by atoms with E-state index in [1.807, 2.05) is 25.1 Å². The van der Waals surface area contributed by atoms with Crippen LogP contribution in [0.5, 0.6) is 5.75 Å². The van der Waals surface area contributed by atoms with Crippen LogP contribution in [-0.2, 0) is 0 Å². The van der Waals surface area contributed by atoms with Gasteiger partial charge in [-0.05, 0) is 38.1 Å². The molecule has 1 aliphatic heterocycles. The van der Waals surface area contributed by atoms with Gasteiger partial charge in [0.25, 0.3) is 0 Å². The van der Waals surface area contributed by atoms with Gasteiger partial charge in [0.05, 0.1) is 18.5 Å². The molecule has 1 aliphatic rings. The third-order valence-electron chi connectivity index (χ3n) is 4.28. The van der Waals surface area contributed by atoms with Crippen LogP contribution in [0.1, 0.15) is 23.0 Å². The lowest BCUT2D eigenvalue weighted by atomic mass is 10.0. The van der Waals surface area contributed by atoms with Gasteiger partial charge in [0, 0.05) is 16.8 Å². The molecule has 0 spiro atoms. The Bertz CT molecular complexity index is 882. The van der Waals surface area contributed by atoms with Gasteiger partial charge in [0.1, 0.15) is 5.75 Å². The molecule has 23 heavy (non-hydrogen) atoms. The van der Waals surface area contributed by atoms with Crippen LogP contribution in [0.4, 0.5) is 5.69 Å². The standard InChI is InChI=1S/C19H19N3O/c1-12-8-9-16-15(10-12)17-11-13(2)21-22(17)19(20-16)14-6-4-5-7-18(14)23-3/h4-11,19-20H,1-3H3/t19-/m0/s1. The Balaban J connectivity index is 1.93. The molecule has 116 valence electrons. The minimum Gasteiger partial charge on any atom is -0.496 e. The molecule has 0 aliphatic carbocycles. The molecule has 4 heteroatoms. The molecule has 4 rings (SSSR count). The van der Waals surface area contributed by atoms with Gasteiger partial charge in [-0.2, -0.15) is 5.10 Å². The van der Waals surface area contributed by atoms with Gasteiger partial charge in [-0.3, -0.25) is 0 Å². The molecule has 0 radical (unpaired) electrons. The predicted molar refractivity (Wildman–Crippen MR) is 91.9 cm³/mol. The smallest absolute Gasteiger partial charge is 0.150 e. The zero-order valence-electron chi connectivity index (χ0n) is 13.5. The van der Waals surface area contributed by atoms with Crippen molar-refractivity contribution in [2.75, 3.05) is 12.4 Å². The molecule has 0 saturated carbocycles. The fraction of sp³-hybridized carbons (Fsp3) is 0.211. The number of ether oxygens (including phenoxy) is 1. The van der Waals surface area contributed by atoms with E-state index in [1.54, 1.807) is 7.11 Å². The summed E-state index contributed by atoms with van der Waals surface area (Å²) >= 11 is 0. The molecule has 1 N–H and O–H groups in total. The average molecular weight is 305 g/mol. The van der Waals surface area contributed by atoms with Crippen molar-refractivity contribution < 1.29 is 4.74 Å². The second-order valence-corrected chi connectivity index (χ2v) is 5.95. The van der Waals surface area contributed by atoms with Crippen LogP contribution in [-0.4, -0.2) is 16.9 Å². The number of para-hydroxylation sites is 1. The topological polar surface area (TPSA) is 39.1 Å². The summed E-state index contributed by atoms with van der Waals surface area (Å²) in [5.41, 5.74) is 6.78. The van der Waals surface area contributed by atoms with Crippen LogP contribution in [0.15, 0.2) is 48.5 Å². The maximum Gasteiger partial charge on any atom is 0.150 e. The molecule has 1 atom stereocenters. The highest BCUT2D eigenvalue weighted by Crippen LogP contribution is 2.40. The molecule has 1 aromatic heterocycles. The molecule has 0 bridgehead atoms. The SMILES string of the molecule is COc1ccccc1[C@H]1Nc2ccc(C)cc2-c2cc(C)nn21. The maximum absolute atomic E-state index is 5.55. The van der Waals surface area contributed by atoms with Crippen molar-refractivity contribution in [2.24, 2.45) is 0 Å². The number of benzene rings is 2. The number of hydrogen-bond acceptors (Lipinski definition) is 3. The van der Waals surface area contributed by atoms with Crippen molar-refractivity contribution in [2.45, 2.75) is 20.0 Å². The first-order chi connectivity index (χ1) is 11.2. The lowest BCUT2D eigenvalue weighted by Crippen LogP contribution is -2.26. The summed E-state index contributed by atoms with van der Waals surface area (Å²) in [7, 11) is 1.70. The Morgan fingerprint density at radius 3 is 2.74 bits per heavy atom. The maximum atomic E-state index is 5.55. The van der Waals surface area contributed by atoms with Gasteiger partial charge in [0.15, 0.2) is 6.17 Å². The lowest BCUT2D eigenvalue weighted by molar-refractivity contribution is 0.401. The van der Waals surface area contributed by atoms with E-state index in [2.05, 4.69) is 47.3 Å². The quantitative estimate of drug-likeness (QED) is 0.773. The van der Waals surface area contributed by atoms with E-state index in [0.717, 1.165) is 28.4 Å². The highest BCUT2D eigenvalue weighted by molar-refractivity contribution is 5.79. The monoisotopic (exact) mass is 305 g/mol. The fourth-order valence-corrected chi connectivity index (χ4v) is 3.22. The van der Waals surface area contributed by atoms with Gasteiger partial charge in [0.2, 0.25) is 0 Å². The minimum absolute atomic E-state index is 0.0787. The molecule has 4 nitrogen and oxygen atoms in total. The number of nitrogens with zero attached hydrogens (tertiary/aromatic N) is 2. The summed E-state index contributed by atoms with van der Waals surface area (Å²) in [6.45, 7) is 4.14. The molecule has 3 aromatic rings. The number of hydrogen-bond donors (Lipinski definition) is 1. The van der Waals surface area contributed by atoms with E-state index >= 15 is 0 Å². The van der Waals surface area contributed by atoms with E-state index < -0.39 is 0 Å². The Hall–Kier alpha value is -2.75.